The zero-order chi connectivity index (χ0) is 9.68. The van der Waals surface area contributed by atoms with Crippen LogP contribution < -0.4 is 0 Å². The SMILES string of the molecule is O=C(O)COCCc1ccc(I)s1. The van der Waals surface area contributed by atoms with Gasteiger partial charge in [-0.2, -0.15) is 0 Å². The van der Waals surface area contributed by atoms with E-state index in [1.54, 1.807) is 11.3 Å². The number of carboxylic acid groups (broad SMARTS) is 1. The number of halogens is 1. The fourth-order valence-corrected chi connectivity index (χ4v) is 2.55. The van der Waals surface area contributed by atoms with Crippen LogP contribution in [0.2, 0.25) is 0 Å². The molecule has 1 N–H and O–H groups in total. The molecule has 0 aliphatic carbocycles. The fraction of sp³-hybridized carbons (Fsp3) is 0.375. The Kier molecular flexibility index (Phi) is 4.68. The molecule has 72 valence electrons. The highest BCUT2D eigenvalue weighted by molar-refractivity contribution is 14.1. The van der Waals surface area contributed by atoms with Gasteiger partial charge in [-0.15, -0.1) is 11.3 Å². The van der Waals surface area contributed by atoms with Gasteiger partial charge in [0.05, 0.1) is 9.49 Å². The van der Waals surface area contributed by atoms with Crippen LogP contribution in [0.1, 0.15) is 4.88 Å². The van der Waals surface area contributed by atoms with Gasteiger partial charge in [-0.05, 0) is 34.7 Å². The molecule has 1 aromatic heterocycles. The minimum Gasteiger partial charge on any atom is -0.480 e. The minimum atomic E-state index is -0.916. The first kappa shape index (κ1) is 10.9. The maximum absolute atomic E-state index is 10.1. The van der Waals surface area contributed by atoms with Crippen molar-refractivity contribution >= 4 is 39.9 Å². The molecule has 3 nitrogen and oxygen atoms in total. The lowest BCUT2D eigenvalue weighted by Crippen LogP contribution is -2.08. The molecule has 0 saturated carbocycles. The van der Waals surface area contributed by atoms with E-state index in [0.29, 0.717) is 6.61 Å². The van der Waals surface area contributed by atoms with E-state index in [9.17, 15) is 4.79 Å². The number of hydrogen-bond donors (Lipinski definition) is 1. The summed E-state index contributed by atoms with van der Waals surface area (Å²) >= 11 is 3.96. The van der Waals surface area contributed by atoms with Crippen LogP contribution in [0.5, 0.6) is 0 Å². The molecule has 13 heavy (non-hydrogen) atoms. The van der Waals surface area contributed by atoms with E-state index >= 15 is 0 Å². The van der Waals surface area contributed by atoms with Crippen molar-refractivity contribution in [2.45, 2.75) is 6.42 Å². The van der Waals surface area contributed by atoms with Crippen molar-refractivity contribution in [2.75, 3.05) is 13.2 Å². The Bertz CT molecular complexity index is 285. The summed E-state index contributed by atoms with van der Waals surface area (Å²) in [7, 11) is 0. The van der Waals surface area contributed by atoms with Crippen LogP contribution in [0.3, 0.4) is 0 Å². The summed E-state index contributed by atoms with van der Waals surface area (Å²) in [6.07, 6.45) is 0.793. The van der Waals surface area contributed by atoms with Crippen LogP contribution in [0.25, 0.3) is 0 Å². The largest absolute Gasteiger partial charge is 0.480 e. The molecule has 0 unspecified atom stereocenters. The smallest absolute Gasteiger partial charge is 0.329 e. The van der Waals surface area contributed by atoms with Crippen LogP contribution in [0, 0.1) is 2.88 Å². The lowest BCUT2D eigenvalue weighted by Gasteiger charge is -1.98. The second-order valence-corrected chi connectivity index (χ2v) is 5.46. The number of hydrogen-bond acceptors (Lipinski definition) is 3. The zero-order valence-corrected chi connectivity index (χ0v) is 9.80. The second-order valence-electron chi connectivity index (χ2n) is 2.40. The zero-order valence-electron chi connectivity index (χ0n) is 6.83. The third-order valence-electron chi connectivity index (χ3n) is 1.35. The lowest BCUT2D eigenvalue weighted by atomic mass is 10.4. The lowest BCUT2D eigenvalue weighted by molar-refractivity contribution is -0.142. The highest BCUT2D eigenvalue weighted by Crippen LogP contribution is 2.18. The molecule has 0 bridgehead atoms. The van der Waals surface area contributed by atoms with E-state index < -0.39 is 5.97 Å². The minimum absolute atomic E-state index is 0.206. The van der Waals surface area contributed by atoms with E-state index in [4.69, 9.17) is 9.84 Å². The average Bonchev–Trinajstić information content (AvgIpc) is 2.45. The van der Waals surface area contributed by atoms with Gasteiger partial charge in [-0.3, -0.25) is 0 Å². The standard InChI is InChI=1S/C8H9IO3S/c9-7-2-1-6(13-7)3-4-12-5-8(10)11/h1-2H,3-5H2,(H,10,11). The monoisotopic (exact) mass is 312 g/mol. The normalized spacial score (nSPS) is 10.2. The molecular formula is C8H9IO3S. The van der Waals surface area contributed by atoms with Gasteiger partial charge >= 0.3 is 5.97 Å². The molecule has 5 heteroatoms. The quantitative estimate of drug-likeness (QED) is 0.668. The van der Waals surface area contributed by atoms with Crippen molar-refractivity contribution in [3.63, 3.8) is 0 Å². The molecule has 0 spiro atoms. The predicted molar refractivity (Wildman–Crippen MR) is 59.2 cm³/mol. The summed E-state index contributed by atoms with van der Waals surface area (Å²) < 4.78 is 6.15. The number of carbonyl (C=O) groups is 1. The molecular weight excluding hydrogens is 303 g/mol. The predicted octanol–water partition coefficient (Wildman–Crippen LogP) is 2.00. The molecule has 1 rings (SSSR count). The number of rotatable bonds is 5. The first-order valence-corrected chi connectivity index (χ1v) is 5.62. The van der Waals surface area contributed by atoms with Gasteiger partial charge < -0.3 is 9.84 Å². The van der Waals surface area contributed by atoms with Gasteiger partial charge in [0.1, 0.15) is 6.61 Å². The first-order valence-electron chi connectivity index (χ1n) is 3.72. The van der Waals surface area contributed by atoms with Gasteiger partial charge in [0, 0.05) is 11.3 Å². The maximum atomic E-state index is 10.1. The summed E-state index contributed by atoms with van der Waals surface area (Å²) in [6, 6.07) is 4.08. The van der Waals surface area contributed by atoms with Gasteiger partial charge in [0.25, 0.3) is 0 Å². The third-order valence-corrected chi connectivity index (χ3v) is 3.30. The Morgan fingerprint density at radius 3 is 2.92 bits per heavy atom. The Morgan fingerprint density at radius 1 is 1.62 bits per heavy atom. The molecule has 0 aliphatic heterocycles. The average molecular weight is 312 g/mol. The topological polar surface area (TPSA) is 46.5 Å². The van der Waals surface area contributed by atoms with Crippen molar-refractivity contribution in [1.29, 1.82) is 0 Å². The van der Waals surface area contributed by atoms with Crippen molar-refractivity contribution in [3.8, 4) is 0 Å². The van der Waals surface area contributed by atoms with Crippen molar-refractivity contribution in [2.24, 2.45) is 0 Å². The van der Waals surface area contributed by atoms with E-state index in [-0.39, 0.29) is 6.61 Å². The molecule has 0 fully saturated rings. The number of thiophene rings is 1. The van der Waals surface area contributed by atoms with Gasteiger partial charge in [-0.1, -0.05) is 0 Å². The Hall–Kier alpha value is -0.140. The molecule has 0 aliphatic rings. The number of carboxylic acids is 1. The summed E-state index contributed by atoms with van der Waals surface area (Å²) in [5, 5.41) is 8.29. The number of aliphatic carboxylic acids is 1. The van der Waals surface area contributed by atoms with Crippen molar-refractivity contribution < 1.29 is 14.6 Å². The molecule has 0 aromatic carbocycles. The summed E-state index contributed by atoms with van der Waals surface area (Å²) in [5.41, 5.74) is 0. The van der Waals surface area contributed by atoms with Crippen molar-refractivity contribution in [1.82, 2.24) is 0 Å². The van der Waals surface area contributed by atoms with Gasteiger partial charge in [-0.25, -0.2) is 4.79 Å². The highest BCUT2D eigenvalue weighted by atomic mass is 127. The van der Waals surface area contributed by atoms with Crippen LogP contribution in [-0.4, -0.2) is 24.3 Å². The second kappa shape index (κ2) is 5.56. The van der Waals surface area contributed by atoms with Crippen LogP contribution in [0.4, 0.5) is 0 Å². The van der Waals surface area contributed by atoms with Crippen LogP contribution in [0.15, 0.2) is 12.1 Å². The maximum Gasteiger partial charge on any atom is 0.329 e. The van der Waals surface area contributed by atoms with E-state index in [1.807, 2.05) is 12.1 Å². The van der Waals surface area contributed by atoms with E-state index in [2.05, 4.69) is 22.6 Å². The molecule has 1 heterocycles. The Balaban J connectivity index is 2.16. The molecule has 0 atom stereocenters. The fourth-order valence-electron chi connectivity index (χ4n) is 0.818. The van der Waals surface area contributed by atoms with Gasteiger partial charge in [0.2, 0.25) is 0 Å². The molecule has 0 saturated heterocycles. The van der Waals surface area contributed by atoms with Crippen molar-refractivity contribution in [3.05, 3.63) is 19.9 Å². The third kappa shape index (κ3) is 4.58. The molecule has 0 radical (unpaired) electrons. The van der Waals surface area contributed by atoms with Crippen LogP contribution in [-0.2, 0) is 16.0 Å². The number of ether oxygens (including phenoxy) is 1. The highest BCUT2D eigenvalue weighted by Gasteiger charge is 1.99. The summed E-state index contributed by atoms with van der Waals surface area (Å²) in [4.78, 5) is 11.3. The van der Waals surface area contributed by atoms with Gasteiger partial charge in [0.15, 0.2) is 0 Å². The van der Waals surface area contributed by atoms with E-state index in [0.717, 1.165) is 6.42 Å². The van der Waals surface area contributed by atoms with E-state index in [1.165, 1.54) is 7.76 Å². The Labute approximate surface area is 93.9 Å². The summed E-state index contributed by atoms with van der Waals surface area (Å²) in [6.45, 7) is 0.269. The molecule has 0 amide bonds. The molecule has 1 aromatic rings. The summed E-state index contributed by atoms with van der Waals surface area (Å²) in [5.74, 6) is -0.916. The Morgan fingerprint density at radius 2 is 2.38 bits per heavy atom. The first-order chi connectivity index (χ1) is 6.18. The van der Waals surface area contributed by atoms with Crippen LogP contribution >= 0.6 is 33.9 Å².